The summed E-state index contributed by atoms with van der Waals surface area (Å²) in [6.45, 7) is 0. The Morgan fingerprint density at radius 1 is 1.10 bits per heavy atom. The first kappa shape index (κ1) is 13.6. The number of nitrogens with two attached hydrogens (primary N) is 1. The normalized spacial score (nSPS) is 10.1. The van der Waals surface area contributed by atoms with Gasteiger partial charge in [0.05, 0.1) is 18.2 Å². The van der Waals surface area contributed by atoms with Gasteiger partial charge in [0, 0.05) is 5.69 Å². The number of carbonyl (C=O) groups excluding carboxylic acids is 1. The fourth-order valence-electron chi connectivity index (χ4n) is 1.86. The maximum Gasteiger partial charge on any atom is 0.337 e. The van der Waals surface area contributed by atoms with Crippen LogP contribution in [0.15, 0.2) is 42.5 Å². The highest BCUT2D eigenvalue weighted by atomic mass is 16.5. The number of hydrogen-bond acceptors (Lipinski definition) is 4. The van der Waals surface area contributed by atoms with Gasteiger partial charge >= 0.3 is 11.9 Å². The van der Waals surface area contributed by atoms with Gasteiger partial charge in [0.2, 0.25) is 0 Å². The van der Waals surface area contributed by atoms with Crippen LogP contribution < -0.4 is 5.73 Å². The Bertz CT molecular complexity index is 679. The van der Waals surface area contributed by atoms with E-state index in [1.54, 1.807) is 30.3 Å². The van der Waals surface area contributed by atoms with E-state index >= 15 is 0 Å². The smallest absolute Gasteiger partial charge is 0.337 e. The summed E-state index contributed by atoms with van der Waals surface area (Å²) in [5.74, 6) is -1.53. The second kappa shape index (κ2) is 5.44. The Hall–Kier alpha value is -2.82. The van der Waals surface area contributed by atoms with Crippen LogP contribution in [0.4, 0.5) is 5.69 Å². The number of methoxy groups -OCH3 is 1. The first-order chi connectivity index (χ1) is 9.52. The Morgan fingerprint density at radius 3 is 2.45 bits per heavy atom. The molecule has 0 unspecified atom stereocenters. The van der Waals surface area contributed by atoms with E-state index in [9.17, 15) is 9.59 Å². The molecule has 0 bridgehead atoms. The van der Waals surface area contributed by atoms with E-state index in [0.29, 0.717) is 11.1 Å². The van der Waals surface area contributed by atoms with Gasteiger partial charge in [-0.25, -0.2) is 9.59 Å². The van der Waals surface area contributed by atoms with E-state index in [1.807, 2.05) is 0 Å². The minimum Gasteiger partial charge on any atom is -0.478 e. The van der Waals surface area contributed by atoms with Gasteiger partial charge in [-0.15, -0.1) is 0 Å². The van der Waals surface area contributed by atoms with Crippen molar-refractivity contribution in [1.82, 2.24) is 0 Å². The number of aromatic carboxylic acids is 1. The number of nitrogen functional groups attached to an aromatic ring is 1. The fraction of sp³-hybridized carbons (Fsp3) is 0.0667. The SMILES string of the molecule is COC(=O)c1cccc(-c2ccc(N)c(C(=O)O)c2)c1. The van der Waals surface area contributed by atoms with Crippen LogP contribution >= 0.6 is 0 Å². The lowest BCUT2D eigenvalue weighted by atomic mass is 10.00. The molecule has 0 spiro atoms. The molecule has 0 saturated carbocycles. The average Bonchev–Trinajstić information content (AvgIpc) is 2.46. The van der Waals surface area contributed by atoms with E-state index in [4.69, 9.17) is 10.8 Å². The maximum absolute atomic E-state index is 11.5. The first-order valence-electron chi connectivity index (χ1n) is 5.84. The lowest BCUT2D eigenvalue weighted by Crippen LogP contribution is -2.03. The van der Waals surface area contributed by atoms with Crippen LogP contribution in [0, 0.1) is 0 Å². The summed E-state index contributed by atoms with van der Waals surface area (Å²) >= 11 is 0. The second-order valence-electron chi connectivity index (χ2n) is 4.18. The van der Waals surface area contributed by atoms with E-state index < -0.39 is 11.9 Å². The molecule has 2 aromatic carbocycles. The van der Waals surface area contributed by atoms with Gasteiger partial charge in [-0.05, 0) is 35.4 Å². The zero-order valence-electron chi connectivity index (χ0n) is 10.8. The van der Waals surface area contributed by atoms with Crippen LogP contribution in [0.3, 0.4) is 0 Å². The van der Waals surface area contributed by atoms with Crippen LogP contribution in [0.25, 0.3) is 11.1 Å². The standard InChI is InChI=1S/C15H13NO4/c1-20-15(19)11-4-2-3-9(7-11)10-5-6-13(16)12(8-10)14(17)18/h2-8H,16H2,1H3,(H,17,18). The summed E-state index contributed by atoms with van der Waals surface area (Å²) in [6, 6.07) is 11.5. The van der Waals surface area contributed by atoms with E-state index in [-0.39, 0.29) is 11.3 Å². The lowest BCUT2D eigenvalue weighted by Gasteiger charge is -2.07. The molecular formula is C15H13NO4. The zero-order chi connectivity index (χ0) is 14.7. The molecule has 0 heterocycles. The molecule has 102 valence electrons. The van der Waals surface area contributed by atoms with Gasteiger partial charge in [0.25, 0.3) is 0 Å². The fourth-order valence-corrected chi connectivity index (χ4v) is 1.86. The number of hydrogen-bond donors (Lipinski definition) is 2. The van der Waals surface area contributed by atoms with Gasteiger partial charge in [-0.3, -0.25) is 0 Å². The van der Waals surface area contributed by atoms with Crippen LogP contribution in [0.5, 0.6) is 0 Å². The van der Waals surface area contributed by atoms with Crippen molar-refractivity contribution in [2.75, 3.05) is 12.8 Å². The molecule has 3 N–H and O–H groups in total. The van der Waals surface area contributed by atoms with Crippen molar-refractivity contribution in [3.63, 3.8) is 0 Å². The van der Waals surface area contributed by atoms with Gasteiger partial charge in [0.1, 0.15) is 0 Å². The van der Waals surface area contributed by atoms with Crippen LogP contribution in [0.2, 0.25) is 0 Å². The highest BCUT2D eigenvalue weighted by molar-refractivity contribution is 5.96. The summed E-state index contributed by atoms with van der Waals surface area (Å²) in [4.78, 5) is 22.6. The first-order valence-corrected chi connectivity index (χ1v) is 5.84. The highest BCUT2D eigenvalue weighted by Crippen LogP contribution is 2.25. The molecular weight excluding hydrogens is 258 g/mol. The van der Waals surface area contributed by atoms with Crippen LogP contribution in [-0.4, -0.2) is 24.2 Å². The molecule has 20 heavy (non-hydrogen) atoms. The number of benzene rings is 2. The van der Waals surface area contributed by atoms with Gasteiger partial charge < -0.3 is 15.6 Å². The summed E-state index contributed by atoms with van der Waals surface area (Å²) < 4.78 is 4.66. The molecule has 0 aliphatic carbocycles. The molecule has 0 amide bonds. The number of carbonyl (C=O) groups is 2. The van der Waals surface area contributed by atoms with E-state index in [2.05, 4.69) is 4.74 Å². The Labute approximate surface area is 115 Å². The Morgan fingerprint density at radius 2 is 1.80 bits per heavy atom. The third-order valence-electron chi connectivity index (χ3n) is 2.90. The van der Waals surface area contributed by atoms with E-state index in [0.717, 1.165) is 5.56 Å². The van der Waals surface area contributed by atoms with Crippen molar-refractivity contribution >= 4 is 17.6 Å². The number of esters is 1. The molecule has 0 saturated heterocycles. The largest absolute Gasteiger partial charge is 0.478 e. The minimum absolute atomic E-state index is 0.0333. The monoisotopic (exact) mass is 271 g/mol. The number of carboxylic acids is 1. The molecule has 2 rings (SSSR count). The van der Waals surface area contributed by atoms with E-state index in [1.165, 1.54) is 19.2 Å². The Kier molecular flexibility index (Phi) is 3.70. The molecule has 0 aromatic heterocycles. The number of rotatable bonds is 3. The lowest BCUT2D eigenvalue weighted by molar-refractivity contribution is 0.0600. The van der Waals surface area contributed by atoms with Gasteiger partial charge in [-0.2, -0.15) is 0 Å². The molecule has 0 atom stereocenters. The topological polar surface area (TPSA) is 89.6 Å². The molecule has 0 radical (unpaired) electrons. The number of ether oxygens (including phenoxy) is 1. The third-order valence-corrected chi connectivity index (χ3v) is 2.90. The highest BCUT2D eigenvalue weighted by Gasteiger charge is 2.11. The predicted octanol–water partition coefficient (Wildman–Crippen LogP) is 2.42. The third kappa shape index (κ3) is 2.61. The molecule has 5 nitrogen and oxygen atoms in total. The van der Waals surface area contributed by atoms with Crippen molar-refractivity contribution in [1.29, 1.82) is 0 Å². The van der Waals surface area contributed by atoms with Crippen molar-refractivity contribution in [2.45, 2.75) is 0 Å². The quantitative estimate of drug-likeness (QED) is 0.661. The second-order valence-corrected chi connectivity index (χ2v) is 4.18. The summed E-state index contributed by atoms with van der Waals surface area (Å²) in [5.41, 5.74) is 7.63. The van der Waals surface area contributed by atoms with Crippen LogP contribution in [0.1, 0.15) is 20.7 Å². The van der Waals surface area contributed by atoms with Crippen molar-refractivity contribution in [3.8, 4) is 11.1 Å². The van der Waals surface area contributed by atoms with Crippen molar-refractivity contribution in [3.05, 3.63) is 53.6 Å². The molecule has 0 fully saturated rings. The summed E-state index contributed by atoms with van der Waals surface area (Å²) in [7, 11) is 1.31. The van der Waals surface area contributed by atoms with Gasteiger partial charge in [-0.1, -0.05) is 18.2 Å². The maximum atomic E-state index is 11.5. The summed E-state index contributed by atoms with van der Waals surface area (Å²) in [5, 5.41) is 9.06. The van der Waals surface area contributed by atoms with Gasteiger partial charge in [0.15, 0.2) is 0 Å². The minimum atomic E-state index is -1.09. The Balaban J connectivity index is 2.49. The zero-order valence-corrected chi connectivity index (χ0v) is 10.8. The molecule has 2 aromatic rings. The van der Waals surface area contributed by atoms with Crippen LogP contribution in [-0.2, 0) is 4.74 Å². The number of carboxylic acid groups (broad SMARTS) is 1. The van der Waals surface area contributed by atoms with Crippen molar-refractivity contribution < 1.29 is 19.4 Å². The summed E-state index contributed by atoms with van der Waals surface area (Å²) in [6.07, 6.45) is 0. The predicted molar refractivity (Wildman–Crippen MR) is 74.6 cm³/mol. The molecule has 0 aliphatic rings. The molecule has 5 heteroatoms. The number of anilines is 1. The average molecular weight is 271 g/mol. The molecule has 0 aliphatic heterocycles. The van der Waals surface area contributed by atoms with Crippen molar-refractivity contribution in [2.24, 2.45) is 0 Å².